The van der Waals surface area contributed by atoms with Gasteiger partial charge in [0.2, 0.25) is 0 Å². The van der Waals surface area contributed by atoms with E-state index < -0.39 is 0 Å². The van der Waals surface area contributed by atoms with E-state index in [9.17, 15) is 0 Å². The molecule has 0 radical (unpaired) electrons. The molecule has 1 saturated heterocycles. The summed E-state index contributed by atoms with van der Waals surface area (Å²) in [5.41, 5.74) is 1.44. The Labute approximate surface area is 98.0 Å². The molecule has 0 saturated carbocycles. The number of thiophene rings is 1. The molecule has 14 heavy (non-hydrogen) atoms. The average Bonchev–Trinajstić information content (AvgIpc) is 2.47. The Morgan fingerprint density at radius 3 is 2.64 bits per heavy atom. The van der Waals surface area contributed by atoms with Gasteiger partial charge in [-0.25, -0.2) is 0 Å². The number of aryl methyl sites for hydroxylation is 1. The summed E-state index contributed by atoms with van der Waals surface area (Å²) >= 11 is 5.59. The smallest absolute Gasteiger partial charge is 0.0418 e. The Bertz CT molecular complexity index is 326. The van der Waals surface area contributed by atoms with E-state index in [4.69, 9.17) is 0 Å². The van der Waals surface area contributed by atoms with Crippen molar-refractivity contribution in [2.45, 2.75) is 39.2 Å². The summed E-state index contributed by atoms with van der Waals surface area (Å²) in [6, 6.07) is 0.610. The van der Waals surface area contributed by atoms with Gasteiger partial charge in [-0.05, 0) is 54.7 Å². The van der Waals surface area contributed by atoms with Crippen molar-refractivity contribution in [3.8, 4) is 0 Å². The first kappa shape index (κ1) is 10.7. The number of rotatable bonds is 1. The highest BCUT2D eigenvalue weighted by Crippen LogP contribution is 2.38. The molecule has 1 unspecified atom stereocenters. The second-order valence-electron chi connectivity index (χ2n) is 3.96. The number of hydrogen-bond acceptors (Lipinski definition) is 2. The zero-order valence-electron chi connectivity index (χ0n) is 8.69. The van der Waals surface area contributed by atoms with Crippen LogP contribution in [0.1, 0.15) is 40.6 Å². The molecular weight excluding hydrogens is 258 g/mol. The molecule has 0 bridgehead atoms. The van der Waals surface area contributed by atoms with Crippen LogP contribution >= 0.6 is 27.3 Å². The van der Waals surface area contributed by atoms with E-state index in [0.717, 1.165) is 0 Å². The minimum Gasteiger partial charge on any atom is -0.309 e. The quantitative estimate of drug-likeness (QED) is 0.817. The molecular formula is C11H16BrNS. The lowest BCUT2D eigenvalue weighted by Crippen LogP contribution is -2.26. The van der Waals surface area contributed by atoms with Crippen LogP contribution < -0.4 is 5.32 Å². The fourth-order valence-electron chi connectivity index (χ4n) is 2.07. The molecule has 1 N–H and O–H groups in total. The van der Waals surface area contributed by atoms with Crippen LogP contribution in [0.5, 0.6) is 0 Å². The van der Waals surface area contributed by atoms with Gasteiger partial charge in [-0.3, -0.25) is 0 Å². The maximum absolute atomic E-state index is 3.65. The normalized spacial score (nSPS) is 22.6. The first-order valence-electron chi connectivity index (χ1n) is 5.19. The Balaban J connectivity index is 2.26. The van der Waals surface area contributed by atoms with E-state index in [1.807, 2.05) is 11.3 Å². The van der Waals surface area contributed by atoms with Gasteiger partial charge in [0.05, 0.1) is 0 Å². The van der Waals surface area contributed by atoms with Crippen LogP contribution in [-0.2, 0) is 0 Å². The summed E-state index contributed by atoms with van der Waals surface area (Å²) in [5, 5.41) is 3.61. The van der Waals surface area contributed by atoms with E-state index in [1.165, 1.54) is 45.6 Å². The molecule has 2 heterocycles. The Morgan fingerprint density at radius 1 is 1.36 bits per heavy atom. The van der Waals surface area contributed by atoms with Crippen LogP contribution in [0.4, 0.5) is 0 Å². The fraction of sp³-hybridized carbons (Fsp3) is 0.636. The van der Waals surface area contributed by atoms with Gasteiger partial charge in [-0.15, -0.1) is 11.3 Å². The standard InChI is InChI=1S/C11H16BrNS/c1-7-10(12)8(2)14-11(7)9-5-3-4-6-13-9/h9,13H,3-6H2,1-2H3. The van der Waals surface area contributed by atoms with E-state index in [2.05, 4.69) is 35.1 Å². The lowest BCUT2D eigenvalue weighted by Gasteiger charge is -2.23. The van der Waals surface area contributed by atoms with E-state index in [1.54, 1.807) is 0 Å². The van der Waals surface area contributed by atoms with Gasteiger partial charge in [0.25, 0.3) is 0 Å². The second-order valence-corrected chi connectivity index (χ2v) is 6.01. The van der Waals surface area contributed by atoms with Gasteiger partial charge >= 0.3 is 0 Å². The zero-order chi connectivity index (χ0) is 10.1. The molecule has 1 aromatic heterocycles. The molecule has 1 aliphatic heterocycles. The van der Waals surface area contributed by atoms with Gasteiger partial charge in [-0.1, -0.05) is 6.42 Å². The number of piperidine rings is 1. The van der Waals surface area contributed by atoms with Crippen molar-refractivity contribution in [3.05, 3.63) is 19.8 Å². The number of halogens is 1. The third kappa shape index (κ3) is 1.90. The van der Waals surface area contributed by atoms with Gasteiger partial charge in [0.15, 0.2) is 0 Å². The average molecular weight is 274 g/mol. The lowest BCUT2D eigenvalue weighted by molar-refractivity contribution is 0.416. The predicted octanol–water partition coefficient (Wildman–Crippen LogP) is 3.94. The SMILES string of the molecule is Cc1sc(C2CCCCN2)c(C)c1Br. The third-order valence-corrected chi connectivity index (χ3v) is 5.67. The number of hydrogen-bond donors (Lipinski definition) is 1. The van der Waals surface area contributed by atoms with Crippen molar-refractivity contribution in [2.75, 3.05) is 6.54 Å². The topological polar surface area (TPSA) is 12.0 Å². The van der Waals surface area contributed by atoms with Crippen LogP contribution in [0.2, 0.25) is 0 Å². The van der Waals surface area contributed by atoms with Crippen LogP contribution in [0.3, 0.4) is 0 Å². The molecule has 1 aliphatic rings. The van der Waals surface area contributed by atoms with Crippen LogP contribution in [0, 0.1) is 13.8 Å². The predicted molar refractivity (Wildman–Crippen MR) is 66.1 cm³/mol. The molecule has 1 atom stereocenters. The largest absolute Gasteiger partial charge is 0.309 e. The van der Waals surface area contributed by atoms with Crippen LogP contribution in [0.25, 0.3) is 0 Å². The molecule has 0 aromatic carbocycles. The second kappa shape index (κ2) is 4.33. The maximum Gasteiger partial charge on any atom is 0.0418 e. The van der Waals surface area contributed by atoms with E-state index >= 15 is 0 Å². The highest BCUT2D eigenvalue weighted by atomic mass is 79.9. The Kier molecular flexibility index (Phi) is 3.30. The van der Waals surface area contributed by atoms with Crippen molar-refractivity contribution < 1.29 is 0 Å². The molecule has 78 valence electrons. The van der Waals surface area contributed by atoms with Crippen molar-refractivity contribution in [3.63, 3.8) is 0 Å². The lowest BCUT2D eigenvalue weighted by atomic mass is 10.0. The van der Waals surface area contributed by atoms with Gasteiger partial charge in [0, 0.05) is 20.3 Å². The summed E-state index contributed by atoms with van der Waals surface area (Å²) in [6.07, 6.45) is 4.00. The Hall–Kier alpha value is 0.140. The first-order valence-corrected chi connectivity index (χ1v) is 6.80. The summed E-state index contributed by atoms with van der Waals surface area (Å²) in [7, 11) is 0. The van der Waals surface area contributed by atoms with E-state index in [-0.39, 0.29) is 0 Å². The summed E-state index contributed by atoms with van der Waals surface area (Å²) in [4.78, 5) is 2.94. The zero-order valence-corrected chi connectivity index (χ0v) is 11.1. The molecule has 1 aromatic rings. The first-order chi connectivity index (χ1) is 6.70. The van der Waals surface area contributed by atoms with Crippen molar-refractivity contribution >= 4 is 27.3 Å². The van der Waals surface area contributed by atoms with Crippen molar-refractivity contribution in [2.24, 2.45) is 0 Å². The molecule has 2 rings (SSSR count). The third-order valence-electron chi connectivity index (χ3n) is 2.90. The van der Waals surface area contributed by atoms with Crippen LogP contribution in [-0.4, -0.2) is 6.54 Å². The molecule has 1 fully saturated rings. The van der Waals surface area contributed by atoms with Crippen LogP contribution in [0.15, 0.2) is 4.47 Å². The highest BCUT2D eigenvalue weighted by molar-refractivity contribution is 9.10. The minimum absolute atomic E-state index is 0.610. The van der Waals surface area contributed by atoms with Gasteiger partial charge in [-0.2, -0.15) is 0 Å². The molecule has 3 heteroatoms. The molecule has 0 amide bonds. The summed E-state index contributed by atoms with van der Waals surface area (Å²) in [6.45, 7) is 5.59. The fourth-order valence-corrected chi connectivity index (χ4v) is 3.83. The Morgan fingerprint density at radius 2 is 2.14 bits per heavy atom. The van der Waals surface area contributed by atoms with Gasteiger partial charge < -0.3 is 5.32 Å². The maximum atomic E-state index is 3.65. The molecule has 1 nitrogen and oxygen atoms in total. The van der Waals surface area contributed by atoms with Gasteiger partial charge in [0.1, 0.15) is 0 Å². The summed E-state index contributed by atoms with van der Waals surface area (Å²) < 4.78 is 1.31. The molecule has 0 spiro atoms. The van der Waals surface area contributed by atoms with E-state index in [0.29, 0.717) is 6.04 Å². The highest BCUT2D eigenvalue weighted by Gasteiger charge is 2.20. The minimum atomic E-state index is 0.610. The molecule has 0 aliphatic carbocycles. The number of nitrogens with one attached hydrogen (secondary N) is 1. The van der Waals surface area contributed by atoms with Crippen molar-refractivity contribution in [1.29, 1.82) is 0 Å². The monoisotopic (exact) mass is 273 g/mol. The van der Waals surface area contributed by atoms with Crippen molar-refractivity contribution in [1.82, 2.24) is 5.32 Å². The summed E-state index contributed by atoms with van der Waals surface area (Å²) in [5.74, 6) is 0.